The highest BCUT2D eigenvalue weighted by Gasteiger charge is 2.30. The Kier molecular flexibility index (Phi) is 9.53. The summed E-state index contributed by atoms with van der Waals surface area (Å²) >= 11 is 6.04. The summed E-state index contributed by atoms with van der Waals surface area (Å²) in [5, 5.41) is 3.38. The smallest absolute Gasteiger partial charge is 0.244 e. The van der Waals surface area contributed by atoms with Crippen LogP contribution in [0.25, 0.3) is 0 Å². The first-order chi connectivity index (χ1) is 15.8. The number of anilines is 1. The zero-order chi connectivity index (χ0) is 25.6. The molecule has 9 heteroatoms. The average molecular weight is 508 g/mol. The Bertz CT molecular complexity index is 1120. The number of carbonyl (C=O) groups excluding carboxylic acids is 2. The van der Waals surface area contributed by atoms with Gasteiger partial charge in [-0.3, -0.25) is 13.9 Å². The first-order valence-corrected chi connectivity index (χ1v) is 13.4. The number of amides is 2. The van der Waals surface area contributed by atoms with E-state index in [0.29, 0.717) is 16.3 Å². The number of benzene rings is 2. The molecule has 2 aromatic carbocycles. The van der Waals surface area contributed by atoms with E-state index >= 15 is 0 Å². The van der Waals surface area contributed by atoms with Gasteiger partial charge in [-0.1, -0.05) is 48.4 Å². The summed E-state index contributed by atoms with van der Waals surface area (Å²) in [6.45, 7) is 8.94. The fourth-order valence-corrected chi connectivity index (χ4v) is 4.57. The number of carbonyl (C=O) groups is 2. The number of hydrogen-bond donors (Lipinski definition) is 1. The molecule has 0 bridgehead atoms. The Morgan fingerprint density at radius 3 is 2.21 bits per heavy atom. The van der Waals surface area contributed by atoms with Crippen LogP contribution in [-0.2, 0) is 26.2 Å². The van der Waals surface area contributed by atoms with Crippen LogP contribution in [0, 0.1) is 13.8 Å². The number of sulfonamides is 1. The lowest BCUT2D eigenvalue weighted by molar-refractivity contribution is -0.139. The second kappa shape index (κ2) is 11.7. The van der Waals surface area contributed by atoms with Crippen molar-refractivity contribution in [3.8, 4) is 0 Å². The van der Waals surface area contributed by atoms with Crippen LogP contribution in [0.5, 0.6) is 0 Å². The zero-order valence-corrected chi connectivity index (χ0v) is 22.2. The van der Waals surface area contributed by atoms with E-state index in [0.717, 1.165) is 28.1 Å². The van der Waals surface area contributed by atoms with Crippen LogP contribution in [-0.4, -0.2) is 50.0 Å². The summed E-state index contributed by atoms with van der Waals surface area (Å²) in [6.07, 6.45) is 1.81. The van der Waals surface area contributed by atoms with Crippen molar-refractivity contribution in [1.82, 2.24) is 10.2 Å². The van der Waals surface area contributed by atoms with Crippen molar-refractivity contribution in [2.24, 2.45) is 0 Å². The van der Waals surface area contributed by atoms with E-state index < -0.39 is 28.5 Å². The summed E-state index contributed by atoms with van der Waals surface area (Å²) in [6, 6.07) is 11.6. The highest BCUT2D eigenvalue weighted by Crippen LogP contribution is 2.26. The molecule has 2 aromatic rings. The van der Waals surface area contributed by atoms with Gasteiger partial charge in [-0.15, -0.1) is 0 Å². The third-order valence-corrected chi connectivity index (χ3v) is 7.11. The van der Waals surface area contributed by atoms with Crippen molar-refractivity contribution >= 4 is 39.1 Å². The van der Waals surface area contributed by atoms with Crippen LogP contribution >= 0.6 is 11.6 Å². The number of nitrogens with zero attached hydrogens (tertiary/aromatic N) is 2. The van der Waals surface area contributed by atoms with Crippen molar-refractivity contribution in [1.29, 1.82) is 0 Å². The molecule has 0 aliphatic heterocycles. The van der Waals surface area contributed by atoms with Gasteiger partial charge in [0.25, 0.3) is 0 Å². The molecule has 7 nitrogen and oxygen atoms in total. The molecular formula is C25H34ClN3O4S. The summed E-state index contributed by atoms with van der Waals surface area (Å²) < 4.78 is 26.4. The predicted octanol–water partition coefficient (Wildman–Crippen LogP) is 4.05. The second-order valence-corrected chi connectivity index (χ2v) is 11.0. The van der Waals surface area contributed by atoms with Gasteiger partial charge in [0.15, 0.2) is 0 Å². The molecule has 0 aliphatic rings. The van der Waals surface area contributed by atoms with Gasteiger partial charge in [-0.2, -0.15) is 0 Å². The molecule has 0 heterocycles. The fourth-order valence-electron chi connectivity index (χ4n) is 3.43. The molecule has 2 amide bonds. The molecule has 0 saturated heterocycles. The number of rotatable bonds is 10. The van der Waals surface area contributed by atoms with E-state index in [9.17, 15) is 18.0 Å². The lowest BCUT2D eigenvalue weighted by atomic mass is 10.1. The minimum atomic E-state index is -3.79. The Labute approximate surface area is 208 Å². The summed E-state index contributed by atoms with van der Waals surface area (Å²) in [4.78, 5) is 27.9. The normalized spacial score (nSPS) is 13.1. The van der Waals surface area contributed by atoms with Gasteiger partial charge in [0, 0.05) is 17.6 Å². The Morgan fingerprint density at radius 1 is 1.06 bits per heavy atom. The molecular weight excluding hydrogens is 474 g/mol. The minimum Gasteiger partial charge on any atom is -0.352 e. The SMILES string of the molecule is CC[C@H](C)NC(=O)[C@@H](C)N(Cc1ccc(C)cc1)C(=O)CN(c1ccc(Cl)cc1C)S(C)(=O)=O. The topological polar surface area (TPSA) is 86.8 Å². The molecule has 186 valence electrons. The molecule has 0 radical (unpaired) electrons. The lowest BCUT2D eigenvalue weighted by Crippen LogP contribution is -2.52. The van der Waals surface area contributed by atoms with Gasteiger partial charge in [-0.05, 0) is 63.4 Å². The molecule has 0 fully saturated rings. The van der Waals surface area contributed by atoms with Gasteiger partial charge in [0.2, 0.25) is 21.8 Å². The van der Waals surface area contributed by atoms with E-state index in [1.54, 1.807) is 32.0 Å². The molecule has 0 unspecified atom stereocenters. The number of aryl methyl sites for hydroxylation is 2. The molecule has 0 aliphatic carbocycles. The Balaban J connectivity index is 2.41. The van der Waals surface area contributed by atoms with Gasteiger partial charge in [-0.25, -0.2) is 8.42 Å². The van der Waals surface area contributed by atoms with Gasteiger partial charge in [0.1, 0.15) is 12.6 Å². The summed E-state index contributed by atoms with van der Waals surface area (Å²) in [5.74, 6) is -0.768. The van der Waals surface area contributed by atoms with E-state index in [2.05, 4.69) is 5.32 Å². The third kappa shape index (κ3) is 7.46. The number of halogens is 1. The maximum absolute atomic E-state index is 13.5. The van der Waals surface area contributed by atoms with Crippen molar-refractivity contribution in [3.63, 3.8) is 0 Å². The summed E-state index contributed by atoms with van der Waals surface area (Å²) in [5.41, 5.74) is 2.91. The van der Waals surface area contributed by atoms with Crippen molar-refractivity contribution < 1.29 is 18.0 Å². The Hall–Kier alpha value is -2.58. The van der Waals surface area contributed by atoms with Gasteiger partial charge < -0.3 is 10.2 Å². The van der Waals surface area contributed by atoms with Crippen LogP contribution in [0.1, 0.15) is 43.9 Å². The molecule has 0 aromatic heterocycles. The zero-order valence-electron chi connectivity index (χ0n) is 20.6. The standard InChI is InChI=1S/C25H34ClN3O4S/c1-7-19(4)27-25(31)20(5)28(15-21-10-8-17(2)9-11-21)24(30)16-29(34(6,32)33)23-13-12-22(26)14-18(23)3/h8-14,19-20H,7,15-16H2,1-6H3,(H,27,31)/t19-,20+/m0/s1. The van der Waals surface area contributed by atoms with Crippen LogP contribution in [0.15, 0.2) is 42.5 Å². The monoisotopic (exact) mass is 507 g/mol. The van der Waals surface area contributed by atoms with Crippen molar-refractivity contribution in [2.45, 2.75) is 59.7 Å². The van der Waals surface area contributed by atoms with Gasteiger partial charge >= 0.3 is 0 Å². The number of nitrogens with one attached hydrogen (secondary N) is 1. The molecule has 0 saturated carbocycles. The maximum atomic E-state index is 13.5. The Morgan fingerprint density at radius 2 is 1.68 bits per heavy atom. The van der Waals surface area contributed by atoms with Crippen LogP contribution in [0.2, 0.25) is 5.02 Å². The maximum Gasteiger partial charge on any atom is 0.244 e. The lowest BCUT2D eigenvalue weighted by Gasteiger charge is -2.32. The second-order valence-electron chi connectivity index (χ2n) is 8.70. The highest BCUT2D eigenvalue weighted by atomic mass is 35.5. The largest absolute Gasteiger partial charge is 0.352 e. The number of hydrogen-bond acceptors (Lipinski definition) is 4. The first kappa shape index (κ1) is 27.7. The minimum absolute atomic E-state index is 0.0458. The molecule has 1 N–H and O–H groups in total. The van der Waals surface area contributed by atoms with Crippen molar-refractivity contribution in [2.75, 3.05) is 17.1 Å². The van der Waals surface area contributed by atoms with Crippen LogP contribution in [0.4, 0.5) is 5.69 Å². The molecule has 2 atom stereocenters. The average Bonchev–Trinajstić information content (AvgIpc) is 2.76. The predicted molar refractivity (Wildman–Crippen MR) is 137 cm³/mol. The van der Waals surface area contributed by atoms with E-state index in [1.807, 2.05) is 45.0 Å². The molecule has 34 heavy (non-hydrogen) atoms. The van der Waals surface area contributed by atoms with Crippen molar-refractivity contribution in [3.05, 3.63) is 64.2 Å². The summed E-state index contributed by atoms with van der Waals surface area (Å²) in [7, 11) is -3.79. The molecule has 0 spiro atoms. The van der Waals surface area contributed by atoms with E-state index in [4.69, 9.17) is 11.6 Å². The highest BCUT2D eigenvalue weighted by molar-refractivity contribution is 7.92. The van der Waals surface area contributed by atoms with E-state index in [1.165, 1.54) is 4.90 Å². The fraction of sp³-hybridized carbons (Fsp3) is 0.440. The molecule has 2 rings (SSSR count). The third-order valence-electron chi connectivity index (χ3n) is 5.75. The van der Waals surface area contributed by atoms with E-state index in [-0.39, 0.29) is 18.5 Å². The van der Waals surface area contributed by atoms with Gasteiger partial charge in [0.05, 0.1) is 11.9 Å². The quantitative estimate of drug-likeness (QED) is 0.525. The first-order valence-electron chi connectivity index (χ1n) is 11.2. The van der Waals surface area contributed by atoms with Crippen LogP contribution < -0.4 is 9.62 Å². The van der Waals surface area contributed by atoms with Crippen LogP contribution in [0.3, 0.4) is 0 Å².